The maximum atomic E-state index is 12.3. The van der Waals surface area contributed by atoms with Crippen molar-refractivity contribution in [1.82, 2.24) is 4.90 Å². The molecule has 2 rings (SSSR count). The average Bonchev–Trinajstić information content (AvgIpc) is 2.67. The van der Waals surface area contributed by atoms with Gasteiger partial charge in [-0.3, -0.25) is 4.79 Å². The van der Waals surface area contributed by atoms with Gasteiger partial charge in [0.05, 0.1) is 0 Å². The lowest BCUT2D eigenvalue weighted by Gasteiger charge is -2.22. The van der Waals surface area contributed by atoms with Crippen LogP contribution in [0.2, 0.25) is 0 Å². The van der Waals surface area contributed by atoms with Crippen molar-refractivity contribution in [1.29, 1.82) is 0 Å². The van der Waals surface area contributed by atoms with E-state index in [1.54, 1.807) is 0 Å². The van der Waals surface area contributed by atoms with Crippen molar-refractivity contribution >= 4 is 18.5 Å². The highest BCUT2D eigenvalue weighted by molar-refractivity contribution is 7.80. The van der Waals surface area contributed by atoms with E-state index in [4.69, 9.17) is 0 Å². The third kappa shape index (κ3) is 2.09. The summed E-state index contributed by atoms with van der Waals surface area (Å²) in [6.45, 7) is 4.97. The lowest BCUT2D eigenvalue weighted by molar-refractivity contribution is 0.0746. The second-order valence-electron chi connectivity index (χ2n) is 4.49. The SMILES string of the molecule is Cc1ccc(S)cc1C(=O)N1CCCC1C. The Morgan fingerprint density at radius 1 is 1.50 bits per heavy atom. The van der Waals surface area contributed by atoms with Gasteiger partial charge < -0.3 is 4.90 Å². The van der Waals surface area contributed by atoms with Gasteiger partial charge in [-0.2, -0.15) is 0 Å². The molecule has 1 heterocycles. The first-order valence-corrected chi connectivity index (χ1v) is 6.15. The molecular formula is C13H17NOS. The summed E-state index contributed by atoms with van der Waals surface area (Å²) in [4.78, 5) is 15.1. The van der Waals surface area contributed by atoms with Gasteiger partial charge in [-0.05, 0) is 44.4 Å². The van der Waals surface area contributed by atoms with E-state index in [-0.39, 0.29) is 5.91 Å². The Kier molecular flexibility index (Phi) is 3.24. The average molecular weight is 235 g/mol. The monoisotopic (exact) mass is 235 g/mol. The molecule has 1 saturated heterocycles. The summed E-state index contributed by atoms with van der Waals surface area (Å²) < 4.78 is 0. The summed E-state index contributed by atoms with van der Waals surface area (Å²) in [6, 6.07) is 6.11. The number of rotatable bonds is 1. The predicted molar refractivity (Wildman–Crippen MR) is 68.2 cm³/mol. The lowest BCUT2D eigenvalue weighted by atomic mass is 10.1. The molecule has 0 aliphatic carbocycles. The van der Waals surface area contributed by atoms with Crippen LogP contribution in [0.1, 0.15) is 35.7 Å². The summed E-state index contributed by atoms with van der Waals surface area (Å²) in [7, 11) is 0. The van der Waals surface area contributed by atoms with Crippen molar-refractivity contribution in [2.45, 2.75) is 37.6 Å². The molecule has 1 atom stereocenters. The van der Waals surface area contributed by atoms with Crippen LogP contribution in [0.15, 0.2) is 23.1 Å². The molecule has 0 radical (unpaired) electrons. The second kappa shape index (κ2) is 4.50. The fraction of sp³-hybridized carbons (Fsp3) is 0.462. The Balaban J connectivity index is 2.29. The second-order valence-corrected chi connectivity index (χ2v) is 5.01. The number of hydrogen-bond acceptors (Lipinski definition) is 2. The number of hydrogen-bond donors (Lipinski definition) is 1. The molecule has 0 N–H and O–H groups in total. The van der Waals surface area contributed by atoms with E-state index in [9.17, 15) is 4.79 Å². The third-order valence-electron chi connectivity index (χ3n) is 3.27. The molecule has 0 saturated carbocycles. The molecule has 1 fully saturated rings. The van der Waals surface area contributed by atoms with Crippen LogP contribution in [0.25, 0.3) is 0 Å². The zero-order chi connectivity index (χ0) is 11.7. The van der Waals surface area contributed by atoms with Crippen LogP contribution < -0.4 is 0 Å². The Morgan fingerprint density at radius 2 is 2.25 bits per heavy atom. The predicted octanol–water partition coefficient (Wildman–Crippen LogP) is 2.91. The summed E-state index contributed by atoms with van der Waals surface area (Å²) in [5.74, 6) is 0.151. The molecule has 0 spiro atoms. The van der Waals surface area contributed by atoms with Crippen LogP contribution in [0.4, 0.5) is 0 Å². The zero-order valence-corrected chi connectivity index (χ0v) is 10.6. The van der Waals surface area contributed by atoms with Gasteiger partial charge in [0, 0.05) is 23.0 Å². The molecule has 16 heavy (non-hydrogen) atoms. The van der Waals surface area contributed by atoms with Gasteiger partial charge >= 0.3 is 0 Å². The van der Waals surface area contributed by atoms with Crippen LogP contribution in [-0.2, 0) is 0 Å². The minimum Gasteiger partial charge on any atom is -0.336 e. The van der Waals surface area contributed by atoms with Crippen LogP contribution in [0.5, 0.6) is 0 Å². The van der Waals surface area contributed by atoms with Crippen LogP contribution >= 0.6 is 12.6 Å². The molecule has 1 aromatic carbocycles. The van der Waals surface area contributed by atoms with Gasteiger partial charge in [0.2, 0.25) is 0 Å². The zero-order valence-electron chi connectivity index (χ0n) is 9.73. The molecule has 1 aliphatic rings. The standard InChI is InChI=1S/C13H17NOS/c1-9-5-6-11(16)8-12(9)13(15)14-7-3-4-10(14)2/h5-6,8,10,16H,3-4,7H2,1-2H3. The van der Waals surface area contributed by atoms with Crippen molar-refractivity contribution in [3.8, 4) is 0 Å². The normalized spacial score (nSPS) is 20.2. The van der Waals surface area contributed by atoms with Gasteiger partial charge in [-0.1, -0.05) is 6.07 Å². The Labute approximate surface area is 102 Å². The first-order chi connectivity index (χ1) is 7.59. The number of benzene rings is 1. The van der Waals surface area contributed by atoms with E-state index in [0.717, 1.165) is 35.4 Å². The van der Waals surface area contributed by atoms with Gasteiger partial charge in [0.1, 0.15) is 0 Å². The summed E-state index contributed by atoms with van der Waals surface area (Å²) in [6.07, 6.45) is 2.23. The fourth-order valence-electron chi connectivity index (χ4n) is 2.23. The van der Waals surface area contributed by atoms with E-state index in [1.807, 2.05) is 30.0 Å². The van der Waals surface area contributed by atoms with E-state index in [0.29, 0.717) is 6.04 Å². The Hall–Kier alpha value is -0.960. The molecule has 1 aliphatic heterocycles. The number of likely N-dealkylation sites (tertiary alicyclic amines) is 1. The van der Waals surface area contributed by atoms with Crippen LogP contribution in [-0.4, -0.2) is 23.4 Å². The molecular weight excluding hydrogens is 218 g/mol. The maximum absolute atomic E-state index is 12.3. The molecule has 86 valence electrons. The molecule has 0 bridgehead atoms. The summed E-state index contributed by atoms with van der Waals surface area (Å²) in [5.41, 5.74) is 1.82. The van der Waals surface area contributed by atoms with Crippen molar-refractivity contribution in [3.63, 3.8) is 0 Å². The van der Waals surface area contributed by atoms with Crippen molar-refractivity contribution in [3.05, 3.63) is 29.3 Å². The molecule has 0 aromatic heterocycles. The number of nitrogens with zero attached hydrogens (tertiary/aromatic N) is 1. The Bertz CT molecular complexity index is 416. The smallest absolute Gasteiger partial charge is 0.254 e. The van der Waals surface area contributed by atoms with Crippen LogP contribution in [0.3, 0.4) is 0 Å². The largest absolute Gasteiger partial charge is 0.336 e. The molecule has 1 aromatic rings. The first kappa shape index (κ1) is 11.5. The van der Waals surface area contributed by atoms with Gasteiger partial charge in [0.25, 0.3) is 5.91 Å². The molecule has 1 amide bonds. The number of carbonyl (C=O) groups excluding carboxylic acids is 1. The Morgan fingerprint density at radius 3 is 2.88 bits per heavy atom. The highest BCUT2D eigenvalue weighted by Crippen LogP contribution is 2.22. The molecule has 1 unspecified atom stereocenters. The van der Waals surface area contributed by atoms with Crippen molar-refractivity contribution in [2.75, 3.05) is 6.54 Å². The van der Waals surface area contributed by atoms with Gasteiger partial charge in [-0.15, -0.1) is 12.6 Å². The number of amides is 1. The van der Waals surface area contributed by atoms with Crippen molar-refractivity contribution < 1.29 is 4.79 Å². The highest BCUT2D eigenvalue weighted by atomic mass is 32.1. The van der Waals surface area contributed by atoms with Gasteiger partial charge in [-0.25, -0.2) is 0 Å². The quantitative estimate of drug-likeness (QED) is 0.742. The molecule has 3 heteroatoms. The number of thiol groups is 1. The molecule has 2 nitrogen and oxygen atoms in total. The minimum atomic E-state index is 0.151. The first-order valence-electron chi connectivity index (χ1n) is 5.70. The fourth-order valence-corrected chi connectivity index (χ4v) is 2.43. The number of aryl methyl sites for hydroxylation is 1. The summed E-state index contributed by atoms with van der Waals surface area (Å²) in [5, 5.41) is 0. The van der Waals surface area contributed by atoms with E-state index < -0.39 is 0 Å². The third-order valence-corrected chi connectivity index (χ3v) is 3.54. The number of carbonyl (C=O) groups is 1. The minimum absolute atomic E-state index is 0.151. The van der Waals surface area contributed by atoms with E-state index in [2.05, 4.69) is 19.6 Å². The topological polar surface area (TPSA) is 20.3 Å². The summed E-state index contributed by atoms with van der Waals surface area (Å²) >= 11 is 4.29. The highest BCUT2D eigenvalue weighted by Gasteiger charge is 2.26. The van der Waals surface area contributed by atoms with Gasteiger partial charge in [0.15, 0.2) is 0 Å². The van der Waals surface area contributed by atoms with E-state index in [1.165, 1.54) is 0 Å². The maximum Gasteiger partial charge on any atom is 0.254 e. The van der Waals surface area contributed by atoms with Crippen molar-refractivity contribution in [2.24, 2.45) is 0 Å². The lowest BCUT2D eigenvalue weighted by Crippen LogP contribution is -2.34. The van der Waals surface area contributed by atoms with Crippen LogP contribution in [0, 0.1) is 6.92 Å². The van der Waals surface area contributed by atoms with E-state index >= 15 is 0 Å².